The van der Waals surface area contributed by atoms with E-state index in [0.29, 0.717) is 32.5 Å². The first-order valence-electron chi connectivity index (χ1n) is 6.15. The van der Waals surface area contributed by atoms with Crippen molar-refractivity contribution in [3.8, 4) is 0 Å². The van der Waals surface area contributed by atoms with Gasteiger partial charge in [0.05, 0.1) is 17.9 Å². The van der Waals surface area contributed by atoms with E-state index in [4.69, 9.17) is 23.8 Å². The summed E-state index contributed by atoms with van der Waals surface area (Å²) in [6.07, 6.45) is 0. The summed E-state index contributed by atoms with van der Waals surface area (Å²) in [7, 11) is 0. The zero-order valence-corrected chi connectivity index (χ0v) is 12.2. The van der Waals surface area contributed by atoms with Crippen LogP contribution >= 0.6 is 23.8 Å². The highest BCUT2D eigenvalue weighted by atomic mass is 35.5. The van der Waals surface area contributed by atoms with Gasteiger partial charge in [0.1, 0.15) is 4.99 Å². The second kappa shape index (κ2) is 5.50. The standard InChI is InChI=1S/C15H9ClF2N2S/c16-10-4-2-1-3-8(10)15-9-5-11(17)12(18)6-13(9)20-14(21)7-19-15/h1-6H,7H2,(H,20,21). The number of rotatable bonds is 1. The predicted molar refractivity (Wildman–Crippen MR) is 84.5 cm³/mol. The number of benzene rings is 2. The average Bonchev–Trinajstić information content (AvgIpc) is 2.59. The van der Waals surface area contributed by atoms with Gasteiger partial charge in [-0.3, -0.25) is 4.99 Å². The molecule has 1 heterocycles. The highest BCUT2D eigenvalue weighted by Gasteiger charge is 2.20. The normalized spacial score (nSPS) is 14.0. The highest BCUT2D eigenvalue weighted by molar-refractivity contribution is 7.80. The molecule has 3 rings (SSSR count). The number of thiocarbonyl (C=S) groups is 1. The molecule has 2 aromatic rings. The summed E-state index contributed by atoms with van der Waals surface area (Å²) in [6.45, 7) is 0.230. The van der Waals surface area contributed by atoms with Crippen molar-refractivity contribution in [2.75, 3.05) is 11.9 Å². The van der Waals surface area contributed by atoms with Crippen molar-refractivity contribution in [2.24, 2.45) is 4.99 Å². The molecule has 0 radical (unpaired) electrons. The van der Waals surface area contributed by atoms with Gasteiger partial charge in [-0.05, 0) is 12.1 Å². The summed E-state index contributed by atoms with van der Waals surface area (Å²) in [4.78, 5) is 4.82. The number of halogens is 3. The summed E-state index contributed by atoms with van der Waals surface area (Å²) < 4.78 is 27.1. The van der Waals surface area contributed by atoms with Crippen LogP contribution in [0.2, 0.25) is 5.02 Å². The van der Waals surface area contributed by atoms with Crippen molar-refractivity contribution in [1.29, 1.82) is 0 Å². The lowest BCUT2D eigenvalue weighted by Crippen LogP contribution is -2.11. The second-order valence-electron chi connectivity index (χ2n) is 4.50. The lowest BCUT2D eigenvalue weighted by atomic mass is 10.00. The fourth-order valence-corrected chi connectivity index (χ4v) is 2.56. The zero-order chi connectivity index (χ0) is 15.0. The molecule has 6 heteroatoms. The SMILES string of the molecule is Fc1cc2c(cc1F)C(c1ccccc1Cl)=NCC(=S)N2. The monoisotopic (exact) mass is 322 g/mol. The van der Waals surface area contributed by atoms with E-state index in [9.17, 15) is 8.78 Å². The molecule has 0 bridgehead atoms. The van der Waals surface area contributed by atoms with Gasteiger partial charge in [0, 0.05) is 22.2 Å². The van der Waals surface area contributed by atoms with Crippen LogP contribution in [-0.4, -0.2) is 17.2 Å². The van der Waals surface area contributed by atoms with Gasteiger partial charge in [-0.25, -0.2) is 8.78 Å². The van der Waals surface area contributed by atoms with Crippen LogP contribution in [0.25, 0.3) is 0 Å². The van der Waals surface area contributed by atoms with Crippen molar-refractivity contribution in [1.82, 2.24) is 0 Å². The Morgan fingerprint density at radius 2 is 1.81 bits per heavy atom. The molecule has 0 aliphatic carbocycles. The first-order valence-corrected chi connectivity index (χ1v) is 6.93. The van der Waals surface area contributed by atoms with Crippen LogP contribution in [-0.2, 0) is 0 Å². The lowest BCUT2D eigenvalue weighted by molar-refractivity contribution is 0.509. The summed E-state index contributed by atoms with van der Waals surface area (Å²) in [5.41, 5.74) is 1.96. The molecule has 0 spiro atoms. The van der Waals surface area contributed by atoms with Gasteiger partial charge in [-0.1, -0.05) is 42.0 Å². The average molecular weight is 323 g/mol. The molecular weight excluding hydrogens is 314 g/mol. The van der Waals surface area contributed by atoms with Crippen molar-refractivity contribution in [3.63, 3.8) is 0 Å². The Hall–Kier alpha value is -1.85. The van der Waals surface area contributed by atoms with E-state index in [0.717, 1.165) is 12.1 Å². The predicted octanol–water partition coefficient (Wildman–Crippen LogP) is 4.21. The van der Waals surface area contributed by atoms with Gasteiger partial charge < -0.3 is 5.32 Å². The number of fused-ring (bicyclic) bond motifs is 1. The van der Waals surface area contributed by atoms with E-state index in [1.165, 1.54) is 0 Å². The van der Waals surface area contributed by atoms with Crippen molar-refractivity contribution < 1.29 is 8.78 Å². The van der Waals surface area contributed by atoms with Crippen LogP contribution in [0.3, 0.4) is 0 Å². The number of benzodiazepines with no additional fused rings is 1. The molecule has 0 fully saturated rings. The molecule has 0 aromatic heterocycles. The maximum absolute atomic E-state index is 13.6. The minimum absolute atomic E-state index is 0.230. The maximum Gasteiger partial charge on any atom is 0.160 e. The van der Waals surface area contributed by atoms with E-state index >= 15 is 0 Å². The molecule has 1 N–H and O–H groups in total. The Balaban J connectivity index is 2.25. The second-order valence-corrected chi connectivity index (χ2v) is 5.40. The third-order valence-corrected chi connectivity index (χ3v) is 3.66. The smallest absolute Gasteiger partial charge is 0.160 e. The van der Waals surface area contributed by atoms with Gasteiger partial charge >= 0.3 is 0 Å². The molecule has 0 amide bonds. The Morgan fingerprint density at radius 3 is 2.57 bits per heavy atom. The van der Waals surface area contributed by atoms with Gasteiger partial charge in [-0.2, -0.15) is 0 Å². The number of nitrogens with one attached hydrogen (secondary N) is 1. The van der Waals surface area contributed by atoms with E-state index in [-0.39, 0.29) is 6.54 Å². The Bertz CT molecular complexity index is 774. The topological polar surface area (TPSA) is 24.4 Å². The summed E-state index contributed by atoms with van der Waals surface area (Å²) >= 11 is 11.3. The van der Waals surface area contributed by atoms with Crippen LogP contribution in [0.1, 0.15) is 11.1 Å². The molecule has 106 valence electrons. The van der Waals surface area contributed by atoms with Gasteiger partial charge in [0.2, 0.25) is 0 Å². The van der Waals surface area contributed by atoms with E-state index in [1.54, 1.807) is 24.3 Å². The summed E-state index contributed by atoms with van der Waals surface area (Å²) in [5, 5.41) is 3.36. The molecule has 0 saturated carbocycles. The summed E-state index contributed by atoms with van der Waals surface area (Å²) in [6, 6.07) is 9.27. The third-order valence-electron chi connectivity index (χ3n) is 3.10. The van der Waals surface area contributed by atoms with Gasteiger partial charge in [0.25, 0.3) is 0 Å². The minimum Gasteiger partial charge on any atom is -0.348 e. The van der Waals surface area contributed by atoms with Crippen molar-refractivity contribution in [3.05, 3.63) is 64.2 Å². The molecular formula is C15H9ClF2N2S. The van der Waals surface area contributed by atoms with Crippen LogP contribution in [0.4, 0.5) is 14.5 Å². The molecule has 2 aromatic carbocycles. The maximum atomic E-state index is 13.6. The fraction of sp³-hybridized carbons (Fsp3) is 0.0667. The molecule has 1 aliphatic rings. The lowest BCUT2D eigenvalue weighted by Gasteiger charge is -2.12. The highest BCUT2D eigenvalue weighted by Crippen LogP contribution is 2.28. The van der Waals surface area contributed by atoms with Crippen LogP contribution in [0, 0.1) is 11.6 Å². The number of nitrogens with zero attached hydrogens (tertiary/aromatic N) is 1. The Kier molecular flexibility index (Phi) is 3.69. The van der Waals surface area contributed by atoms with E-state index in [1.807, 2.05) is 0 Å². The summed E-state index contributed by atoms with van der Waals surface area (Å²) in [5.74, 6) is -1.88. The number of anilines is 1. The van der Waals surface area contributed by atoms with Gasteiger partial charge in [-0.15, -0.1) is 0 Å². The van der Waals surface area contributed by atoms with E-state index < -0.39 is 11.6 Å². The molecule has 0 saturated heterocycles. The van der Waals surface area contributed by atoms with Crippen LogP contribution < -0.4 is 5.32 Å². The Morgan fingerprint density at radius 1 is 1.10 bits per heavy atom. The van der Waals surface area contributed by atoms with Crippen molar-refractivity contribution >= 4 is 40.2 Å². The fourth-order valence-electron chi connectivity index (χ4n) is 2.16. The zero-order valence-electron chi connectivity index (χ0n) is 10.7. The quantitative estimate of drug-likeness (QED) is 0.795. The molecule has 1 aliphatic heterocycles. The number of hydrogen-bond acceptors (Lipinski definition) is 2. The first-order chi connectivity index (χ1) is 10.1. The Labute approximate surface area is 130 Å². The molecule has 2 nitrogen and oxygen atoms in total. The minimum atomic E-state index is -0.942. The third kappa shape index (κ3) is 2.66. The largest absolute Gasteiger partial charge is 0.348 e. The van der Waals surface area contributed by atoms with E-state index in [2.05, 4.69) is 10.3 Å². The molecule has 0 atom stereocenters. The molecule has 0 unspecified atom stereocenters. The van der Waals surface area contributed by atoms with Crippen LogP contribution in [0.5, 0.6) is 0 Å². The first kappa shape index (κ1) is 14.1. The van der Waals surface area contributed by atoms with Crippen LogP contribution in [0.15, 0.2) is 41.4 Å². The molecule has 21 heavy (non-hydrogen) atoms. The van der Waals surface area contributed by atoms with Gasteiger partial charge in [0.15, 0.2) is 11.6 Å². The number of hydrogen-bond donors (Lipinski definition) is 1. The number of aliphatic imine (C=N–C) groups is 1. The van der Waals surface area contributed by atoms with Crippen molar-refractivity contribution in [2.45, 2.75) is 0 Å².